The molecule has 1 nitrogen and oxygen atoms in total. The fourth-order valence-electron chi connectivity index (χ4n) is 3.21. The molecule has 0 amide bonds. The van der Waals surface area contributed by atoms with Gasteiger partial charge in [-0.25, -0.2) is 0 Å². The topological polar surface area (TPSA) is 26.0 Å². The normalized spacial score (nSPS) is 31.4. The van der Waals surface area contributed by atoms with Crippen molar-refractivity contribution in [2.75, 3.05) is 0 Å². The van der Waals surface area contributed by atoms with E-state index in [4.69, 9.17) is 5.73 Å². The molecule has 1 aromatic carbocycles. The van der Waals surface area contributed by atoms with Gasteiger partial charge in [-0.05, 0) is 41.4 Å². The van der Waals surface area contributed by atoms with E-state index in [1.54, 1.807) is 16.7 Å². The molecule has 1 aromatic rings. The quantitative estimate of drug-likeness (QED) is 0.742. The lowest BCUT2D eigenvalue weighted by Gasteiger charge is -2.09. The minimum atomic E-state index is 0.317. The van der Waals surface area contributed by atoms with E-state index in [1.165, 1.54) is 19.3 Å². The van der Waals surface area contributed by atoms with Crippen LogP contribution in [0.2, 0.25) is 0 Å². The van der Waals surface area contributed by atoms with Crippen LogP contribution < -0.4 is 5.73 Å². The molecule has 0 saturated heterocycles. The third-order valence-corrected chi connectivity index (χ3v) is 4.43. The van der Waals surface area contributed by atoms with E-state index >= 15 is 0 Å². The summed E-state index contributed by atoms with van der Waals surface area (Å²) in [4.78, 5) is 0. The van der Waals surface area contributed by atoms with Crippen molar-refractivity contribution in [1.82, 2.24) is 0 Å². The van der Waals surface area contributed by atoms with Gasteiger partial charge in [0.15, 0.2) is 0 Å². The maximum Gasteiger partial charge on any atom is 0.0172 e. The summed E-state index contributed by atoms with van der Waals surface area (Å²) in [7, 11) is 0. The average Bonchev–Trinajstić information content (AvgIpc) is 2.63. The van der Waals surface area contributed by atoms with E-state index in [0.717, 1.165) is 0 Å². The van der Waals surface area contributed by atoms with E-state index in [9.17, 15) is 0 Å². The maximum atomic E-state index is 6.17. The third-order valence-electron chi connectivity index (χ3n) is 4.43. The Hall–Kier alpha value is -0.820. The number of fused-ring (bicyclic) bond motifs is 1. The van der Waals surface area contributed by atoms with Crippen molar-refractivity contribution >= 4 is 0 Å². The summed E-state index contributed by atoms with van der Waals surface area (Å²) in [6.07, 6.45) is 3.87. The first kappa shape index (κ1) is 9.41. The van der Waals surface area contributed by atoms with Crippen LogP contribution in [0, 0.1) is 5.41 Å². The largest absolute Gasteiger partial charge is 0.327 e. The zero-order chi connectivity index (χ0) is 10.6. The lowest BCUT2D eigenvalue weighted by atomic mass is 9.96. The standard InChI is InChI=1S/C14H19N/c1-14(2)12(13(14)15)11-8-4-6-9-5-3-7-10(9)11/h4,6,8,12-13H,3,5,7,15H2,1-2H3/t12-,13-/m0/s1. The maximum absolute atomic E-state index is 6.17. The van der Waals surface area contributed by atoms with E-state index < -0.39 is 0 Å². The molecular weight excluding hydrogens is 182 g/mol. The summed E-state index contributed by atoms with van der Waals surface area (Å²) in [6, 6.07) is 7.15. The molecule has 1 heteroatoms. The van der Waals surface area contributed by atoms with E-state index in [0.29, 0.717) is 17.4 Å². The monoisotopic (exact) mass is 201 g/mol. The van der Waals surface area contributed by atoms with Crippen LogP contribution in [0.25, 0.3) is 0 Å². The molecule has 1 saturated carbocycles. The molecule has 0 radical (unpaired) electrons. The first-order valence-electron chi connectivity index (χ1n) is 5.98. The third kappa shape index (κ3) is 1.19. The second-order valence-corrected chi connectivity index (χ2v) is 5.66. The van der Waals surface area contributed by atoms with Crippen molar-refractivity contribution in [1.29, 1.82) is 0 Å². The van der Waals surface area contributed by atoms with Crippen LogP contribution in [-0.2, 0) is 12.8 Å². The lowest BCUT2D eigenvalue weighted by molar-refractivity contribution is 0.598. The molecule has 0 aromatic heterocycles. The second kappa shape index (κ2) is 2.85. The van der Waals surface area contributed by atoms with Gasteiger partial charge >= 0.3 is 0 Å². The predicted molar refractivity (Wildman–Crippen MR) is 63.0 cm³/mol. The lowest BCUT2D eigenvalue weighted by Crippen LogP contribution is -2.06. The van der Waals surface area contributed by atoms with Crippen LogP contribution >= 0.6 is 0 Å². The SMILES string of the molecule is CC1(C)[C@@H](N)[C@@H]1c1cccc2c1CCC2. The number of benzene rings is 1. The molecule has 2 aliphatic carbocycles. The van der Waals surface area contributed by atoms with Gasteiger partial charge in [0.2, 0.25) is 0 Å². The van der Waals surface area contributed by atoms with E-state index in [1.807, 2.05) is 0 Å². The minimum absolute atomic E-state index is 0.317. The van der Waals surface area contributed by atoms with Gasteiger partial charge in [-0.3, -0.25) is 0 Å². The molecule has 0 unspecified atom stereocenters. The molecule has 15 heavy (non-hydrogen) atoms. The van der Waals surface area contributed by atoms with E-state index in [-0.39, 0.29) is 0 Å². The summed E-state index contributed by atoms with van der Waals surface area (Å²) >= 11 is 0. The molecular formula is C14H19N. The average molecular weight is 201 g/mol. The number of hydrogen-bond acceptors (Lipinski definition) is 1. The zero-order valence-electron chi connectivity index (χ0n) is 9.59. The number of rotatable bonds is 1. The molecule has 2 atom stereocenters. The number of nitrogens with two attached hydrogens (primary N) is 1. The van der Waals surface area contributed by atoms with Gasteiger partial charge in [-0.1, -0.05) is 32.0 Å². The number of aryl methyl sites for hydroxylation is 1. The Kier molecular flexibility index (Phi) is 1.79. The molecule has 2 aliphatic rings. The van der Waals surface area contributed by atoms with Crippen molar-refractivity contribution in [2.45, 2.75) is 45.1 Å². The highest BCUT2D eigenvalue weighted by molar-refractivity contribution is 5.46. The molecule has 80 valence electrons. The van der Waals surface area contributed by atoms with Crippen molar-refractivity contribution in [2.24, 2.45) is 11.1 Å². The van der Waals surface area contributed by atoms with Gasteiger partial charge < -0.3 is 5.73 Å². The fourth-order valence-corrected chi connectivity index (χ4v) is 3.21. The molecule has 0 spiro atoms. The first-order valence-corrected chi connectivity index (χ1v) is 5.98. The summed E-state index contributed by atoms with van der Waals surface area (Å²) in [6.45, 7) is 4.58. The number of hydrogen-bond donors (Lipinski definition) is 1. The zero-order valence-corrected chi connectivity index (χ0v) is 9.59. The van der Waals surface area contributed by atoms with Crippen LogP contribution in [0.3, 0.4) is 0 Å². The Morgan fingerprint density at radius 3 is 2.67 bits per heavy atom. The van der Waals surface area contributed by atoms with Gasteiger partial charge in [0, 0.05) is 12.0 Å². The highest BCUT2D eigenvalue weighted by Gasteiger charge is 2.56. The van der Waals surface area contributed by atoms with Crippen LogP contribution in [0.1, 0.15) is 42.9 Å². The van der Waals surface area contributed by atoms with Crippen molar-refractivity contribution < 1.29 is 0 Å². The van der Waals surface area contributed by atoms with Crippen LogP contribution in [-0.4, -0.2) is 6.04 Å². The van der Waals surface area contributed by atoms with Crippen molar-refractivity contribution in [3.63, 3.8) is 0 Å². The van der Waals surface area contributed by atoms with Crippen LogP contribution in [0.15, 0.2) is 18.2 Å². The van der Waals surface area contributed by atoms with Gasteiger partial charge in [0.05, 0.1) is 0 Å². The Bertz CT molecular complexity index is 406. The van der Waals surface area contributed by atoms with Gasteiger partial charge in [0.1, 0.15) is 0 Å². The summed E-state index contributed by atoms with van der Waals surface area (Å²) < 4.78 is 0. The highest BCUT2D eigenvalue weighted by atomic mass is 14.8. The van der Waals surface area contributed by atoms with Crippen LogP contribution in [0.5, 0.6) is 0 Å². The molecule has 2 N–H and O–H groups in total. The molecule has 0 aliphatic heterocycles. The van der Waals surface area contributed by atoms with E-state index in [2.05, 4.69) is 32.0 Å². The minimum Gasteiger partial charge on any atom is -0.327 e. The molecule has 0 bridgehead atoms. The first-order chi connectivity index (χ1) is 7.12. The van der Waals surface area contributed by atoms with Crippen molar-refractivity contribution in [3.8, 4) is 0 Å². The smallest absolute Gasteiger partial charge is 0.0172 e. The van der Waals surface area contributed by atoms with Gasteiger partial charge in [-0.15, -0.1) is 0 Å². The summed E-state index contributed by atoms with van der Waals surface area (Å²) in [5.41, 5.74) is 11.2. The van der Waals surface area contributed by atoms with Crippen LogP contribution in [0.4, 0.5) is 0 Å². The highest BCUT2D eigenvalue weighted by Crippen LogP contribution is 2.58. The molecule has 0 heterocycles. The Labute approximate surface area is 91.7 Å². The molecule has 3 rings (SSSR count). The van der Waals surface area contributed by atoms with Crippen molar-refractivity contribution in [3.05, 3.63) is 34.9 Å². The Morgan fingerprint density at radius 1 is 1.27 bits per heavy atom. The fraction of sp³-hybridized carbons (Fsp3) is 0.571. The second-order valence-electron chi connectivity index (χ2n) is 5.66. The summed E-state index contributed by atoms with van der Waals surface area (Å²) in [5.74, 6) is 0.602. The molecule has 1 fully saturated rings. The Morgan fingerprint density at radius 2 is 2.00 bits per heavy atom. The summed E-state index contributed by atoms with van der Waals surface area (Å²) in [5, 5.41) is 0. The Balaban J connectivity index is 2.04. The predicted octanol–water partition coefficient (Wildman–Crippen LogP) is 2.63. The van der Waals surface area contributed by atoms with Gasteiger partial charge in [-0.2, -0.15) is 0 Å². The van der Waals surface area contributed by atoms with Gasteiger partial charge in [0.25, 0.3) is 0 Å².